The molecule has 0 spiro atoms. The normalized spacial score (nSPS) is 22.3. The molecule has 88 valence electrons. The topological polar surface area (TPSA) is 23.5 Å². The minimum atomic E-state index is -0.167. The van der Waals surface area contributed by atoms with Gasteiger partial charge in [-0.3, -0.25) is 4.90 Å². The summed E-state index contributed by atoms with van der Waals surface area (Å²) in [4.78, 5) is 2.28. The lowest BCUT2D eigenvalue weighted by Gasteiger charge is -2.30. The second-order valence-electron chi connectivity index (χ2n) is 4.27. The van der Waals surface area contributed by atoms with Crippen LogP contribution in [0.4, 0.5) is 0 Å². The van der Waals surface area contributed by atoms with Crippen LogP contribution in [0.5, 0.6) is 0 Å². The van der Waals surface area contributed by atoms with E-state index in [1.54, 1.807) is 0 Å². The van der Waals surface area contributed by atoms with Crippen LogP contribution < -0.4 is 0 Å². The fraction of sp³-hybridized carbons (Fsp3) is 0.500. The van der Waals surface area contributed by atoms with E-state index < -0.39 is 0 Å². The van der Waals surface area contributed by atoms with Crippen LogP contribution in [0.1, 0.15) is 18.4 Å². The van der Waals surface area contributed by atoms with Crippen LogP contribution >= 0.6 is 27.5 Å². The van der Waals surface area contributed by atoms with E-state index in [1.165, 1.54) is 5.56 Å². The summed E-state index contributed by atoms with van der Waals surface area (Å²) in [5.74, 6) is 0. The fourth-order valence-corrected chi connectivity index (χ4v) is 2.87. The largest absolute Gasteiger partial charge is 0.392 e. The number of halogens is 2. The van der Waals surface area contributed by atoms with Crippen molar-refractivity contribution in [3.05, 3.63) is 33.3 Å². The smallest absolute Gasteiger partial charge is 0.0667 e. The predicted octanol–water partition coefficient (Wildman–Crippen LogP) is 3.06. The third kappa shape index (κ3) is 3.20. The van der Waals surface area contributed by atoms with Gasteiger partial charge >= 0.3 is 0 Å². The third-order valence-electron chi connectivity index (χ3n) is 2.89. The molecule has 1 N–H and O–H groups in total. The molecule has 0 bridgehead atoms. The van der Waals surface area contributed by atoms with Gasteiger partial charge in [0.1, 0.15) is 0 Å². The van der Waals surface area contributed by atoms with Gasteiger partial charge in [0, 0.05) is 22.6 Å². The Morgan fingerprint density at radius 3 is 3.00 bits per heavy atom. The van der Waals surface area contributed by atoms with E-state index in [4.69, 9.17) is 11.6 Å². The number of hydrogen-bond acceptors (Lipinski definition) is 2. The second kappa shape index (κ2) is 5.50. The molecule has 1 aliphatic rings. The first-order valence-electron chi connectivity index (χ1n) is 5.49. The summed E-state index contributed by atoms with van der Waals surface area (Å²) in [7, 11) is 0. The van der Waals surface area contributed by atoms with Gasteiger partial charge in [-0.1, -0.05) is 33.6 Å². The van der Waals surface area contributed by atoms with Crippen LogP contribution in [0.25, 0.3) is 0 Å². The first-order chi connectivity index (χ1) is 7.65. The molecule has 16 heavy (non-hydrogen) atoms. The van der Waals surface area contributed by atoms with Gasteiger partial charge < -0.3 is 5.11 Å². The van der Waals surface area contributed by atoms with Crippen LogP contribution in [0.3, 0.4) is 0 Å². The zero-order valence-corrected chi connectivity index (χ0v) is 11.3. The molecule has 1 atom stereocenters. The lowest BCUT2D eigenvalue weighted by atomic mass is 10.1. The minimum absolute atomic E-state index is 0.167. The van der Waals surface area contributed by atoms with Crippen molar-refractivity contribution in [2.24, 2.45) is 0 Å². The highest BCUT2D eigenvalue weighted by molar-refractivity contribution is 9.10. The molecule has 1 aromatic carbocycles. The Bertz CT molecular complexity index is 372. The molecule has 2 rings (SSSR count). The highest BCUT2D eigenvalue weighted by Gasteiger charge is 2.18. The van der Waals surface area contributed by atoms with Gasteiger partial charge in [0.15, 0.2) is 0 Å². The Morgan fingerprint density at radius 2 is 2.31 bits per heavy atom. The first-order valence-corrected chi connectivity index (χ1v) is 6.66. The Labute approximate surface area is 109 Å². The maximum Gasteiger partial charge on any atom is 0.0667 e. The van der Waals surface area contributed by atoms with Crippen LogP contribution in [-0.4, -0.2) is 29.2 Å². The van der Waals surface area contributed by atoms with Crippen molar-refractivity contribution in [2.45, 2.75) is 25.5 Å². The van der Waals surface area contributed by atoms with Gasteiger partial charge in [-0.2, -0.15) is 0 Å². The van der Waals surface area contributed by atoms with E-state index in [1.807, 2.05) is 18.2 Å². The molecule has 0 aliphatic carbocycles. The highest BCUT2D eigenvalue weighted by atomic mass is 79.9. The predicted molar refractivity (Wildman–Crippen MR) is 69.7 cm³/mol. The molecule has 0 radical (unpaired) electrons. The molecule has 0 saturated carbocycles. The number of likely N-dealkylation sites (tertiary alicyclic amines) is 1. The van der Waals surface area contributed by atoms with Gasteiger partial charge in [-0.15, -0.1) is 0 Å². The summed E-state index contributed by atoms with van der Waals surface area (Å²) in [6.07, 6.45) is 1.84. The molecule has 0 aromatic heterocycles. The maximum atomic E-state index is 9.60. The van der Waals surface area contributed by atoms with Crippen molar-refractivity contribution in [1.29, 1.82) is 0 Å². The number of rotatable bonds is 2. The molecule has 1 unspecified atom stereocenters. The Kier molecular flexibility index (Phi) is 4.25. The molecule has 1 aromatic rings. The van der Waals surface area contributed by atoms with Crippen molar-refractivity contribution in [1.82, 2.24) is 4.90 Å². The highest BCUT2D eigenvalue weighted by Crippen LogP contribution is 2.24. The van der Waals surface area contributed by atoms with Crippen LogP contribution in [0.2, 0.25) is 5.02 Å². The molecule has 1 fully saturated rings. The summed E-state index contributed by atoms with van der Waals surface area (Å²) < 4.78 is 1.04. The van der Waals surface area contributed by atoms with E-state index in [0.717, 1.165) is 42.0 Å². The van der Waals surface area contributed by atoms with Gasteiger partial charge in [-0.25, -0.2) is 0 Å². The Balaban J connectivity index is 2.02. The van der Waals surface area contributed by atoms with E-state index >= 15 is 0 Å². The number of hydrogen-bond donors (Lipinski definition) is 1. The summed E-state index contributed by atoms with van der Waals surface area (Å²) in [6.45, 7) is 2.70. The standard InChI is InChI=1S/C12H15BrClNO/c13-12-6-10(14)4-3-9(12)7-15-5-1-2-11(16)8-15/h3-4,6,11,16H,1-2,5,7-8H2. The van der Waals surface area contributed by atoms with Crippen molar-refractivity contribution in [3.63, 3.8) is 0 Å². The molecule has 1 saturated heterocycles. The maximum absolute atomic E-state index is 9.60. The van der Waals surface area contributed by atoms with E-state index in [-0.39, 0.29) is 6.10 Å². The molecule has 4 heteroatoms. The van der Waals surface area contributed by atoms with E-state index in [2.05, 4.69) is 20.8 Å². The lowest BCUT2D eigenvalue weighted by Crippen LogP contribution is -2.37. The van der Waals surface area contributed by atoms with Gasteiger partial charge in [-0.05, 0) is 37.1 Å². The first kappa shape index (κ1) is 12.4. The second-order valence-corrected chi connectivity index (χ2v) is 5.56. The van der Waals surface area contributed by atoms with Gasteiger partial charge in [0.2, 0.25) is 0 Å². The molecule has 1 heterocycles. The van der Waals surface area contributed by atoms with Gasteiger partial charge in [0.25, 0.3) is 0 Å². The summed E-state index contributed by atoms with van der Waals surface area (Å²) >= 11 is 9.41. The molecule has 2 nitrogen and oxygen atoms in total. The number of aliphatic hydroxyl groups excluding tert-OH is 1. The quantitative estimate of drug-likeness (QED) is 0.908. The number of β-amino-alcohol motifs (C(OH)–C–C–N with tert-alkyl or cyclic N) is 1. The van der Waals surface area contributed by atoms with E-state index in [0.29, 0.717) is 0 Å². The zero-order valence-electron chi connectivity index (χ0n) is 9.00. The third-order valence-corrected chi connectivity index (χ3v) is 3.86. The van der Waals surface area contributed by atoms with Crippen molar-refractivity contribution < 1.29 is 5.11 Å². The molecule has 0 amide bonds. The number of aliphatic hydroxyl groups is 1. The summed E-state index contributed by atoms with van der Waals surface area (Å²) in [5.41, 5.74) is 1.22. The minimum Gasteiger partial charge on any atom is -0.392 e. The number of nitrogens with zero attached hydrogens (tertiary/aromatic N) is 1. The van der Waals surface area contributed by atoms with Crippen molar-refractivity contribution in [2.75, 3.05) is 13.1 Å². The average molecular weight is 305 g/mol. The summed E-state index contributed by atoms with van der Waals surface area (Å²) in [6, 6.07) is 5.85. The average Bonchev–Trinajstić information content (AvgIpc) is 2.22. The van der Waals surface area contributed by atoms with Crippen molar-refractivity contribution >= 4 is 27.5 Å². The molecular weight excluding hydrogens is 289 g/mol. The van der Waals surface area contributed by atoms with Gasteiger partial charge in [0.05, 0.1) is 6.10 Å². The molecular formula is C12H15BrClNO. The van der Waals surface area contributed by atoms with Crippen molar-refractivity contribution in [3.8, 4) is 0 Å². The van der Waals surface area contributed by atoms with Crippen LogP contribution in [0, 0.1) is 0 Å². The fourth-order valence-electron chi connectivity index (χ4n) is 2.07. The van der Waals surface area contributed by atoms with Crippen LogP contribution in [-0.2, 0) is 6.54 Å². The summed E-state index contributed by atoms with van der Waals surface area (Å²) in [5, 5.41) is 10.3. The lowest BCUT2D eigenvalue weighted by molar-refractivity contribution is 0.0667. The monoisotopic (exact) mass is 303 g/mol. The number of piperidine rings is 1. The Morgan fingerprint density at radius 1 is 1.50 bits per heavy atom. The number of benzene rings is 1. The molecule has 1 aliphatic heterocycles. The van der Waals surface area contributed by atoms with E-state index in [9.17, 15) is 5.11 Å². The SMILES string of the molecule is OC1CCCN(Cc2ccc(Cl)cc2Br)C1. The van der Waals surface area contributed by atoms with Crippen LogP contribution in [0.15, 0.2) is 22.7 Å². The Hall–Kier alpha value is -0.0900. The zero-order chi connectivity index (χ0) is 11.5.